The molecule has 2 aromatic carbocycles. The Labute approximate surface area is 173 Å². The van der Waals surface area contributed by atoms with Gasteiger partial charge in [-0.2, -0.15) is 0 Å². The van der Waals surface area contributed by atoms with E-state index in [0.29, 0.717) is 50.7 Å². The van der Waals surface area contributed by atoms with Crippen molar-refractivity contribution >= 4 is 46.4 Å². The molecule has 3 atom stereocenters. The van der Waals surface area contributed by atoms with Crippen molar-refractivity contribution in [3.05, 3.63) is 67.6 Å². The van der Waals surface area contributed by atoms with Gasteiger partial charge >= 0.3 is 0 Å². The van der Waals surface area contributed by atoms with Gasteiger partial charge in [0.1, 0.15) is 0 Å². The number of aliphatic hydroxyl groups excluding tert-OH is 1. The number of halogens is 4. The second-order valence-electron chi connectivity index (χ2n) is 6.79. The number of rotatable bonds is 3. The Morgan fingerprint density at radius 3 is 2.23 bits per heavy atom. The second-order valence-corrected chi connectivity index (χ2v) is 8.42. The monoisotopic (exact) mass is 433 g/mol. The SMILES string of the molecule is CN1CC[C@@](O)(c2ccc(Cl)c(Cl)c2)[C@H](C(O)c2ccc(Cl)c(Cl)c2)C1. The largest absolute Gasteiger partial charge is 0.388 e. The van der Waals surface area contributed by atoms with E-state index >= 15 is 0 Å². The van der Waals surface area contributed by atoms with Crippen molar-refractivity contribution in [2.75, 3.05) is 20.1 Å². The maximum absolute atomic E-state index is 11.5. The molecule has 2 N–H and O–H groups in total. The number of likely N-dealkylation sites (tertiary alicyclic amines) is 1. The molecular formula is C19H19Cl4NO2. The van der Waals surface area contributed by atoms with Crippen LogP contribution in [0.5, 0.6) is 0 Å². The highest BCUT2D eigenvalue weighted by atomic mass is 35.5. The minimum atomic E-state index is -1.24. The van der Waals surface area contributed by atoms with Crippen LogP contribution < -0.4 is 0 Å². The summed E-state index contributed by atoms with van der Waals surface area (Å²) in [5, 5.41) is 24.2. The zero-order valence-corrected chi connectivity index (χ0v) is 17.1. The van der Waals surface area contributed by atoms with Crippen molar-refractivity contribution in [1.29, 1.82) is 0 Å². The lowest BCUT2D eigenvalue weighted by molar-refractivity contribution is -0.118. The molecule has 26 heavy (non-hydrogen) atoms. The fourth-order valence-corrected chi connectivity index (χ4v) is 4.14. The first kappa shape index (κ1) is 20.2. The van der Waals surface area contributed by atoms with Gasteiger partial charge in [0, 0.05) is 19.0 Å². The van der Waals surface area contributed by atoms with Crippen molar-refractivity contribution in [3.63, 3.8) is 0 Å². The van der Waals surface area contributed by atoms with Crippen LogP contribution in [0.3, 0.4) is 0 Å². The van der Waals surface area contributed by atoms with Crippen LogP contribution in [0, 0.1) is 5.92 Å². The summed E-state index contributed by atoms with van der Waals surface area (Å²) < 4.78 is 0. The van der Waals surface area contributed by atoms with E-state index < -0.39 is 17.6 Å². The summed E-state index contributed by atoms with van der Waals surface area (Å²) in [7, 11) is 1.96. The van der Waals surface area contributed by atoms with Gasteiger partial charge in [0.2, 0.25) is 0 Å². The van der Waals surface area contributed by atoms with E-state index in [2.05, 4.69) is 4.90 Å². The third-order valence-corrected chi connectivity index (χ3v) is 6.56. The Morgan fingerprint density at radius 1 is 1.00 bits per heavy atom. The van der Waals surface area contributed by atoms with Crippen LogP contribution in [-0.2, 0) is 5.60 Å². The van der Waals surface area contributed by atoms with Crippen LogP contribution in [0.4, 0.5) is 0 Å². The maximum Gasteiger partial charge on any atom is 0.0977 e. The van der Waals surface area contributed by atoms with Gasteiger partial charge in [0.15, 0.2) is 0 Å². The summed E-state index contributed by atoms with van der Waals surface area (Å²) in [5.74, 6) is -0.476. The minimum Gasteiger partial charge on any atom is -0.388 e. The molecule has 1 heterocycles. The van der Waals surface area contributed by atoms with Crippen LogP contribution in [-0.4, -0.2) is 35.3 Å². The fourth-order valence-electron chi connectivity index (χ4n) is 3.54. The lowest BCUT2D eigenvalue weighted by atomic mass is 9.72. The average Bonchev–Trinajstić information content (AvgIpc) is 2.61. The molecule has 1 saturated heterocycles. The third kappa shape index (κ3) is 3.85. The molecule has 0 radical (unpaired) electrons. The summed E-state index contributed by atoms with van der Waals surface area (Å²) in [6.07, 6.45) is -0.461. The number of nitrogens with zero attached hydrogens (tertiary/aromatic N) is 1. The van der Waals surface area contributed by atoms with Gasteiger partial charge in [0.25, 0.3) is 0 Å². The number of hydrogen-bond donors (Lipinski definition) is 2. The van der Waals surface area contributed by atoms with Gasteiger partial charge in [-0.3, -0.25) is 0 Å². The van der Waals surface area contributed by atoms with Crippen LogP contribution in [0.25, 0.3) is 0 Å². The van der Waals surface area contributed by atoms with Gasteiger partial charge in [-0.15, -0.1) is 0 Å². The van der Waals surface area contributed by atoms with Crippen molar-refractivity contribution in [2.24, 2.45) is 5.92 Å². The Kier molecular flexibility index (Phi) is 6.10. The predicted molar refractivity (Wildman–Crippen MR) is 107 cm³/mol. The zero-order chi connectivity index (χ0) is 19.1. The summed E-state index contributed by atoms with van der Waals surface area (Å²) in [4.78, 5) is 2.08. The van der Waals surface area contributed by atoms with Gasteiger partial charge in [-0.25, -0.2) is 0 Å². The highest BCUT2D eigenvalue weighted by molar-refractivity contribution is 6.42. The number of piperidine rings is 1. The molecule has 1 aliphatic rings. The standard InChI is InChI=1S/C19H19Cl4NO2/c1-24-7-6-19(26,12-3-5-15(21)17(23)9-12)13(10-24)18(25)11-2-4-14(20)16(22)8-11/h2-5,8-9,13,18,25-26H,6-7,10H2,1H3/t13-,18?,19+/m0/s1. The molecule has 0 spiro atoms. The zero-order valence-electron chi connectivity index (χ0n) is 14.1. The lowest BCUT2D eigenvalue weighted by Gasteiger charge is -2.46. The minimum absolute atomic E-state index is 0.366. The van der Waals surface area contributed by atoms with Crippen LogP contribution >= 0.6 is 46.4 Å². The Hall–Kier alpha value is -0.520. The molecule has 140 valence electrons. The first-order chi connectivity index (χ1) is 12.2. The summed E-state index contributed by atoms with van der Waals surface area (Å²) in [5.41, 5.74) is 0.00834. The number of benzene rings is 2. The van der Waals surface area contributed by atoms with E-state index in [1.54, 1.807) is 36.4 Å². The Morgan fingerprint density at radius 2 is 1.62 bits per heavy atom. The summed E-state index contributed by atoms with van der Waals surface area (Å²) in [6.45, 7) is 1.21. The first-order valence-corrected chi connectivity index (χ1v) is 9.73. The highest BCUT2D eigenvalue weighted by Gasteiger charge is 2.46. The summed E-state index contributed by atoms with van der Waals surface area (Å²) >= 11 is 24.3. The molecular weight excluding hydrogens is 416 g/mol. The van der Waals surface area contributed by atoms with Gasteiger partial charge in [0.05, 0.1) is 31.8 Å². The van der Waals surface area contributed by atoms with Crippen molar-refractivity contribution in [2.45, 2.75) is 18.1 Å². The molecule has 1 aliphatic heterocycles. The Bertz CT molecular complexity index is 816. The third-order valence-electron chi connectivity index (χ3n) is 5.08. The van der Waals surface area contributed by atoms with E-state index in [-0.39, 0.29) is 0 Å². The summed E-state index contributed by atoms with van der Waals surface area (Å²) in [6, 6.07) is 10.1. The molecule has 0 aromatic heterocycles. The Balaban J connectivity index is 2.02. The molecule has 1 unspecified atom stereocenters. The molecule has 2 aromatic rings. The quantitative estimate of drug-likeness (QED) is 0.699. The molecule has 0 aliphatic carbocycles. The predicted octanol–water partition coefficient (Wildman–Crippen LogP) is 5.17. The molecule has 0 amide bonds. The normalized spacial score (nSPS) is 25.3. The van der Waals surface area contributed by atoms with E-state index in [0.717, 1.165) is 0 Å². The first-order valence-electron chi connectivity index (χ1n) is 8.22. The van der Waals surface area contributed by atoms with Crippen molar-refractivity contribution in [3.8, 4) is 0 Å². The van der Waals surface area contributed by atoms with E-state index in [4.69, 9.17) is 46.4 Å². The van der Waals surface area contributed by atoms with Gasteiger partial charge < -0.3 is 15.1 Å². The van der Waals surface area contributed by atoms with Crippen LogP contribution in [0.15, 0.2) is 36.4 Å². The van der Waals surface area contributed by atoms with Crippen molar-refractivity contribution in [1.82, 2.24) is 4.90 Å². The van der Waals surface area contributed by atoms with E-state index in [9.17, 15) is 10.2 Å². The number of hydrogen-bond acceptors (Lipinski definition) is 3. The number of aliphatic hydroxyl groups is 2. The molecule has 0 saturated carbocycles. The van der Waals surface area contributed by atoms with E-state index in [1.165, 1.54) is 0 Å². The molecule has 0 bridgehead atoms. The molecule has 3 nitrogen and oxygen atoms in total. The maximum atomic E-state index is 11.5. The highest BCUT2D eigenvalue weighted by Crippen LogP contribution is 2.45. The topological polar surface area (TPSA) is 43.7 Å². The molecule has 3 rings (SSSR count). The smallest absolute Gasteiger partial charge is 0.0977 e. The lowest BCUT2D eigenvalue weighted by Crippen LogP contribution is -2.51. The van der Waals surface area contributed by atoms with Crippen LogP contribution in [0.2, 0.25) is 20.1 Å². The average molecular weight is 435 g/mol. The fraction of sp³-hybridized carbons (Fsp3) is 0.368. The van der Waals surface area contributed by atoms with E-state index in [1.807, 2.05) is 7.05 Å². The molecule has 7 heteroatoms. The van der Waals surface area contributed by atoms with Crippen LogP contribution in [0.1, 0.15) is 23.7 Å². The molecule has 1 fully saturated rings. The van der Waals surface area contributed by atoms with Crippen molar-refractivity contribution < 1.29 is 10.2 Å². The van der Waals surface area contributed by atoms with Gasteiger partial charge in [-0.05, 0) is 48.9 Å². The second kappa shape index (κ2) is 7.84. The van der Waals surface area contributed by atoms with Gasteiger partial charge in [-0.1, -0.05) is 58.5 Å².